The summed E-state index contributed by atoms with van der Waals surface area (Å²) in [6, 6.07) is 5.93. The minimum Gasteiger partial charge on any atom is -0.394 e. The van der Waals surface area contributed by atoms with Gasteiger partial charge in [-0.3, -0.25) is 9.89 Å². The van der Waals surface area contributed by atoms with Gasteiger partial charge >= 0.3 is 0 Å². The molecule has 3 N–H and O–H groups in total. The van der Waals surface area contributed by atoms with Gasteiger partial charge in [-0.15, -0.1) is 0 Å². The highest BCUT2D eigenvalue weighted by Gasteiger charge is 2.23. The zero-order chi connectivity index (χ0) is 17.9. The van der Waals surface area contributed by atoms with E-state index in [1.165, 1.54) is 11.1 Å². The van der Waals surface area contributed by atoms with E-state index in [0.717, 1.165) is 22.5 Å². The van der Waals surface area contributed by atoms with Crippen molar-refractivity contribution in [1.29, 1.82) is 0 Å². The molecule has 1 heterocycles. The van der Waals surface area contributed by atoms with Crippen molar-refractivity contribution >= 4 is 5.91 Å². The Morgan fingerprint density at radius 3 is 2.50 bits per heavy atom. The molecule has 2 aromatic rings. The zero-order valence-electron chi connectivity index (χ0n) is 15.1. The van der Waals surface area contributed by atoms with Crippen LogP contribution >= 0.6 is 0 Å². The number of aliphatic hydroxyl groups excluding tert-OH is 1. The lowest BCUT2D eigenvalue weighted by Gasteiger charge is -2.20. The van der Waals surface area contributed by atoms with Crippen LogP contribution in [0.3, 0.4) is 0 Å². The summed E-state index contributed by atoms with van der Waals surface area (Å²) >= 11 is 0. The van der Waals surface area contributed by atoms with Crippen LogP contribution in [0.15, 0.2) is 18.2 Å². The summed E-state index contributed by atoms with van der Waals surface area (Å²) in [5.41, 5.74) is 6.24. The van der Waals surface area contributed by atoms with Gasteiger partial charge in [-0.1, -0.05) is 18.2 Å². The molecule has 0 aliphatic rings. The molecule has 0 spiro atoms. The molecule has 1 aromatic carbocycles. The molecule has 1 amide bonds. The van der Waals surface area contributed by atoms with E-state index >= 15 is 0 Å². The molecule has 130 valence electrons. The minimum absolute atomic E-state index is 0.0886. The molecule has 0 saturated carbocycles. The lowest BCUT2D eigenvalue weighted by molar-refractivity contribution is -0.123. The van der Waals surface area contributed by atoms with Crippen molar-refractivity contribution in [2.24, 2.45) is 0 Å². The second kappa shape index (κ2) is 7.62. The second-order valence-electron chi connectivity index (χ2n) is 6.58. The molecule has 0 aliphatic carbocycles. The predicted octanol–water partition coefficient (Wildman–Crippen LogP) is 2.47. The first-order valence-corrected chi connectivity index (χ1v) is 8.32. The van der Waals surface area contributed by atoms with Gasteiger partial charge in [0.2, 0.25) is 5.91 Å². The van der Waals surface area contributed by atoms with Crippen molar-refractivity contribution in [3.05, 3.63) is 51.8 Å². The highest BCUT2D eigenvalue weighted by atomic mass is 16.3. The number of H-pyrrole nitrogens is 1. The Morgan fingerprint density at radius 1 is 1.25 bits per heavy atom. The molecule has 0 bridgehead atoms. The molecule has 2 atom stereocenters. The van der Waals surface area contributed by atoms with E-state index in [1.807, 2.05) is 26.8 Å². The number of hydrogen-bond acceptors (Lipinski definition) is 3. The van der Waals surface area contributed by atoms with E-state index in [4.69, 9.17) is 0 Å². The molecular weight excluding hydrogens is 302 g/mol. The summed E-state index contributed by atoms with van der Waals surface area (Å²) < 4.78 is 0. The standard InChI is InChI=1S/C19H27N3O2/c1-11-6-7-16(8-12(11)2)9-17(10-23)20-19(24)13(3)18-14(4)21-22-15(18)5/h6-8,13,17,23H,9-10H2,1-5H3,(H,20,24)(H,21,22). The average Bonchev–Trinajstić information content (AvgIpc) is 2.88. The Bertz CT molecular complexity index is 702. The third kappa shape index (κ3) is 4.03. The summed E-state index contributed by atoms with van der Waals surface area (Å²) in [5.74, 6) is -0.400. The molecule has 0 radical (unpaired) electrons. The Labute approximate surface area is 143 Å². The number of aliphatic hydroxyl groups is 1. The Hall–Kier alpha value is -2.14. The van der Waals surface area contributed by atoms with Crippen molar-refractivity contribution in [1.82, 2.24) is 15.5 Å². The molecule has 0 fully saturated rings. The van der Waals surface area contributed by atoms with Gasteiger partial charge in [-0.25, -0.2) is 0 Å². The van der Waals surface area contributed by atoms with E-state index < -0.39 is 0 Å². The van der Waals surface area contributed by atoms with Crippen LogP contribution in [0.5, 0.6) is 0 Å². The molecule has 5 nitrogen and oxygen atoms in total. The number of rotatable bonds is 6. The number of carbonyl (C=O) groups is 1. The van der Waals surface area contributed by atoms with Crippen molar-refractivity contribution < 1.29 is 9.90 Å². The van der Waals surface area contributed by atoms with Gasteiger partial charge in [0.05, 0.1) is 24.3 Å². The maximum absolute atomic E-state index is 12.6. The molecule has 0 saturated heterocycles. The fraction of sp³-hybridized carbons (Fsp3) is 0.474. The number of aromatic amines is 1. The number of nitrogens with one attached hydrogen (secondary N) is 2. The number of aryl methyl sites for hydroxylation is 4. The predicted molar refractivity (Wildman–Crippen MR) is 95.1 cm³/mol. The van der Waals surface area contributed by atoms with Crippen LogP contribution in [0.4, 0.5) is 0 Å². The quantitative estimate of drug-likeness (QED) is 0.762. The third-order valence-electron chi connectivity index (χ3n) is 4.63. The van der Waals surface area contributed by atoms with E-state index in [9.17, 15) is 9.90 Å². The Kier molecular flexibility index (Phi) is 5.78. The summed E-state index contributed by atoms with van der Waals surface area (Å²) in [4.78, 5) is 12.6. The topological polar surface area (TPSA) is 78.0 Å². The second-order valence-corrected chi connectivity index (χ2v) is 6.58. The maximum Gasteiger partial charge on any atom is 0.227 e. The van der Waals surface area contributed by atoms with E-state index in [0.29, 0.717) is 6.42 Å². The van der Waals surface area contributed by atoms with Gasteiger partial charge in [0.25, 0.3) is 0 Å². The molecule has 24 heavy (non-hydrogen) atoms. The lowest BCUT2D eigenvalue weighted by atomic mass is 9.97. The van der Waals surface area contributed by atoms with Crippen LogP contribution in [-0.4, -0.2) is 33.9 Å². The number of aromatic nitrogens is 2. The number of hydrogen-bond donors (Lipinski definition) is 3. The molecule has 5 heteroatoms. The summed E-state index contributed by atoms with van der Waals surface area (Å²) in [6.45, 7) is 9.72. The van der Waals surface area contributed by atoms with Gasteiger partial charge in [0.1, 0.15) is 0 Å². The zero-order valence-corrected chi connectivity index (χ0v) is 15.1. The normalized spacial score (nSPS) is 13.6. The smallest absolute Gasteiger partial charge is 0.227 e. The average molecular weight is 329 g/mol. The number of benzene rings is 1. The Balaban J connectivity index is 2.06. The van der Waals surface area contributed by atoms with Crippen molar-refractivity contribution in [3.8, 4) is 0 Å². The van der Waals surface area contributed by atoms with Gasteiger partial charge in [0.15, 0.2) is 0 Å². The SMILES string of the molecule is Cc1ccc(CC(CO)NC(=O)C(C)c2c(C)n[nH]c2C)cc1C. The highest BCUT2D eigenvalue weighted by molar-refractivity contribution is 5.84. The van der Waals surface area contributed by atoms with Crippen molar-refractivity contribution in [2.75, 3.05) is 6.61 Å². The van der Waals surface area contributed by atoms with Crippen molar-refractivity contribution in [3.63, 3.8) is 0 Å². The van der Waals surface area contributed by atoms with Crippen LogP contribution in [-0.2, 0) is 11.2 Å². The Morgan fingerprint density at radius 2 is 1.96 bits per heavy atom. The van der Waals surface area contributed by atoms with E-state index in [-0.39, 0.29) is 24.5 Å². The molecule has 0 aliphatic heterocycles. The van der Waals surface area contributed by atoms with E-state index in [2.05, 4.69) is 41.5 Å². The molecular formula is C19H27N3O2. The number of nitrogens with zero attached hydrogens (tertiary/aromatic N) is 1. The maximum atomic E-state index is 12.6. The first-order chi connectivity index (χ1) is 11.3. The van der Waals surface area contributed by atoms with Crippen LogP contribution in [0.1, 0.15) is 46.5 Å². The molecule has 1 aromatic heterocycles. The fourth-order valence-corrected chi connectivity index (χ4v) is 3.03. The summed E-state index contributed by atoms with van der Waals surface area (Å²) in [5, 5.41) is 19.7. The van der Waals surface area contributed by atoms with Gasteiger partial charge in [-0.2, -0.15) is 5.10 Å². The number of amides is 1. The fourth-order valence-electron chi connectivity index (χ4n) is 3.03. The monoisotopic (exact) mass is 329 g/mol. The van der Waals surface area contributed by atoms with Crippen molar-refractivity contribution in [2.45, 2.75) is 53.0 Å². The lowest BCUT2D eigenvalue weighted by Crippen LogP contribution is -2.41. The van der Waals surface area contributed by atoms with Crippen LogP contribution in [0, 0.1) is 27.7 Å². The highest BCUT2D eigenvalue weighted by Crippen LogP contribution is 2.21. The van der Waals surface area contributed by atoms with Gasteiger partial charge in [0, 0.05) is 11.3 Å². The van der Waals surface area contributed by atoms with Crippen LogP contribution in [0.25, 0.3) is 0 Å². The van der Waals surface area contributed by atoms with Crippen LogP contribution < -0.4 is 5.32 Å². The van der Waals surface area contributed by atoms with Gasteiger partial charge < -0.3 is 10.4 Å². The summed E-state index contributed by atoms with van der Waals surface area (Å²) in [7, 11) is 0. The first-order valence-electron chi connectivity index (χ1n) is 8.32. The summed E-state index contributed by atoms with van der Waals surface area (Å²) in [6.07, 6.45) is 0.611. The largest absolute Gasteiger partial charge is 0.394 e. The van der Waals surface area contributed by atoms with Crippen LogP contribution in [0.2, 0.25) is 0 Å². The first kappa shape index (κ1) is 18.2. The van der Waals surface area contributed by atoms with E-state index in [1.54, 1.807) is 0 Å². The molecule has 2 unspecified atom stereocenters. The number of carbonyl (C=O) groups excluding carboxylic acids is 1. The van der Waals surface area contributed by atoms with Gasteiger partial charge in [-0.05, 0) is 57.7 Å². The molecule has 2 rings (SSSR count). The third-order valence-corrected chi connectivity index (χ3v) is 4.63. The minimum atomic E-state index is -0.308.